The molecular weight excluding hydrogens is 220 g/mol. The zero-order chi connectivity index (χ0) is 11.5. The van der Waals surface area contributed by atoms with E-state index in [1.807, 2.05) is 31.2 Å². The number of benzene rings is 2. The summed E-state index contributed by atoms with van der Waals surface area (Å²) in [6, 6.07) is 12.7. The molecule has 0 aromatic heterocycles. The molecule has 2 nitrogen and oxygen atoms in total. The lowest BCUT2D eigenvalue weighted by Gasteiger charge is -2.05. The monoisotopic (exact) mass is 232 g/mol. The van der Waals surface area contributed by atoms with Crippen molar-refractivity contribution in [2.45, 2.75) is 16.7 Å². The van der Waals surface area contributed by atoms with Gasteiger partial charge in [0.2, 0.25) is 0 Å². The first kappa shape index (κ1) is 10.9. The van der Waals surface area contributed by atoms with Gasteiger partial charge in [0.1, 0.15) is 11.5 Å². The summed E-state index contributed by atoms with van der Waals surface area (Å²) in [4.78, 5) is 1.80. The van der Waals surface area contributed by atoms with Crippen LogP contribution < -0.4 is 0 Å². The molecule has 0 aliphatic rings. The largest absolute Gasteiger partial charge is 0.508 e. The Morgan fingerprint density at radius 3 is 2.25 bits per heavy atom. The number of phenolic OH excluding ortho intramolecular Hbond substituents is 2. The minimum Gasteiger partial charge on any atom is -0.508 e. The molecule has 0 saturated carbocycles. The van der Waals surface area contributed by atoms with E-state index >= 15 is 0 Å². The second-order valence-electron chi connectivity index (χ2n) is 3.57. The topological polar surface area (TPSA) is 40.5 Å². The van der Waals surface area contributed by atoms with Crippen LogP contribution in [0.2, 0.25) is 0 Å². The molecule has 2 aromatic rings. The van der Waals surface area contributed by atoms with Gasteiger partial charge in [0.05, 0.1) is 4.90 Å². The molecule has 0 fully saturated rings. The normalized spacial score (nSPS) is 10.3. The maximum absolute atomic E-state index is 9.63. The molecule has 0 radical (unpaired) electrons. The number of aromatic hydroxyl groups is 2. The third-order valence-corrected chi connectivity index (χ3v) is 3.26. The summed E-state index contributed by atoms with van der Waals surface area (Å²) in [5, 5.41) is 18.8. The van der Waals surface area contributed by atoms with Crippen LogP contribution in [0, 0.1) is 6.92 Å². The van der Waals surface area contributed by atoms with Crippen molar-refractivity contribution < 1.29 is 10.2 Å². The first-order chi connectivity index (χ1) is 7.65. The van der Waals surface area contributed by atoms with Gasteiger partial charge in [-0.1, -0.05) is 29.5 Å². The molecule has 2 N–H and O–H groups in total. The summed E-state index contributed by atoms with van der Waals surface area (Å²) < 4.78 is 0. The number of hydrogen-bond acceptors (Lipinski definition) is 3. The van der Waals surface area contributed by atoms with Gasteiger partial charge in [-0.2, -0.15) is 0 Å². The molecule has 16 heavy (non-hydrogen) atoms. The third kappa shape index (κ3) is 2.49. The molecule has 82 valence electrons. The van der Waals surface area contributed by atoms with E-state index in [2.05, 4.69) is 0 Å². The predicted octanol–water partition coefficient (Wildman–Crippen LogP) is 3.56. The van der Waals surface area contributed by atoms with Gasteiger partial charge in [0.15, 0.2) is 0 Å². The van der Waals surface area contributed by atoms with E-state index in [4.69, 9.17) is 0 Å². The minimum atomic E-state index is 0.0748. The van der Waals surface area contributed by atoms with E-state index in [1.165, 1.54) is 23.4 Å². The van der Waals surface area contributed by atoms with Crippen LogP contribution in [0.25, 0.3) is 0 Å². The van der Waals surface area contributed by atoms with Crippen molar-refractivity contribution in [1.82, 2.24) is 0 Å². The highest BCUT2D eigenvalue weighted by Crippen LogP contribution is 2.36. The lowest BCUT2D eigenvalue weighted by Crippen LogP contribution is -1.76. The Balaban J connectivity index is 2.23. The molecular formula is C13H12O2S. The minimum absolute atomic E-state index is 0.0748. The number of aryl methyl sites for hydroxylation is 1. The van der Waals surface area contributed by atoms with Crippen molar-refractivity contribution >= 4 is 11.8 Å². The van der Waals surface area contributed by atoms with Crippen molar-refractivity contribution in [2.24, 2.45) is 0 Å². The van der Waals surface area contributed by atoms with Crippen LogP contribution in [-0.4, -0.2) is 10.2 Å². The fourth-order valence-corrected chi connectivity index (χ4v) is 2.15. The van der Waals surface area contributed by atoms with Crippen LogP contribution in [0.4, 0.5) is 0 Å². The third-order valence-electron chi connectivity index (χ3n) is 2.19. The zero-order valence-corrected chi connectivity index (χ0v) is 9.66. The smallest absolute Gasteiger partial charge is 0.133 e. The molecule has 0 spiro atoms. The summed E-state index contributed by atoms with van der Waals surface area (Å²) >= 11 is 1.47. The quantitative estimate of drug-likeness (QED) is 0.831. The lowest BCUT2D eigenvalue weighted by atomic mass is 10.2. The Labute approximate surface area is 98.6 Å². The molecule has 2 rings (SSSR count). The van der Waals surface area contributed by atoms with Crippen LogP contribution in [-0.2, 0) is 0 Å². The fourth-order valence-electron chi connectivity index (χ4n) is 1.33. The SMILES string of the molecule is Cc1ccc(Sc2ccc(O)cc2O)cc1. The van der Waals surface area contributed by atoms with E-state index < -0.39 is 0 Å². The molecule has 0 saturated heterocycles. The molecule has 0 atom stereocenters. The maximum atomic E-state index is 9.63. The van der Waals surface area contributed by atoms with Gasteiger partial charge < -0.3 is 10.2 Å². The molecule has 2 aromatic carbocycles. The van der Waals surface area contributed by atoms with Crippen molar-refractivity contribution in [3.8, 4) is 11.5 Å². The standard InChI is InChI=1S/C13H12O2S/c1-9-2-5-11(6-3-9)16-13-7-4-10(14)8-12(13)15/h2-8,14-15H,1H3. The van der Waals surface area contributed by atoms with E-state index in [9.17, 15) is 10.2 Å². The van der Waals surface area contributed by atoms with Crippen molar-refractivity contribution in [3.63, 3.8) is 0 Å². The van der Waals surface area contributed by atoms with E-state index in [0.717, 1.165) is 9.79 Å². The van der Waals surface area contributed by atoms with Gasteiger partial charge in [-0.25, -0.2) is 0 Å². The van der Waals surface area contributed by atoms with Crippen LogP contribution in [0.5, 0.6) is 11.5 Å². The molecule has 0 aliphatic heterocycles. The molecule has 0 unspecified atom stereocenters. The Morgan fingerprint density at radius 2 is 1.62 bits per heavy atom. The Hall–Kier alpha value is -1.61. The summed E-state index contributed by atoms with van der Waals surface area (Å²) in [7, 11) is 0. The highest BCUT2D eigenvalue weighted by Gasteiger charge is 2.04. The summed E-state index contributed by atoms with van der Waals surface area (Å²) in [6.07, 6.45) is 0. The second kappa shape index (κ2) is 4.49. The number of phenols is 2. The molecule has 0 aliphatic carbocycles. The van der Waals surface area contributed by atoms with E-state index in [-0.39, 0.29) is 11.5 Å². The summed E-state index contributed by atoms with van der Waals surface area (Å²) in [5.74, 6) is 0.177. The number of rotatable bonds is 2. The molecule has 0 bridgehead atoms. The van der Waals surface area contributed by atoms with Crippen LogP contribution in [0.3, 0.4) is 0 Å². The van der Waals surface area contributed by atoms with Crippen LogP contribution in [0.1, 0.15) is 5.56 Å². The second-order valence-corrected chi connectivity index (χ2v) is 4.68. The summed E-state index contributed by atoms with van der Waals surface area (Å²) in [6.45, 7) is 2.03. The Bertz CT molecular complexity index is 492. The van der Waals surface area contributed by atoms with Crippen molar-refractivity contribution in [1.29, 1.82) is 0 Å². The fraction of sp³-hybridized carbons (Fsp3) is 0.0769. The van der Waals surface area contributed by atoms with Gasteiger partial charge in [0.25, 0.3) is 0 Å². The van der Waals surface area contributed by atoms with Crippen LogP contribution >= 0.6 is 11.8 Å². The first-order valence-electron chi connectivity index (χ1n) is 4.91. The van der Waals surface area contributed by atoms with E-state index in [0.29, 0.717) is 0 Å². The highest BCUT2D eigenvalue weighted by atomic mass is 32.2. The van der Waals surface area contributed by atoms with Crippen LogP contribution in [0.15, 0.2) is 52.3 Å². The average Bonchev–Trinajstić information content (AvgIpc) is 2.25. The predicted molar refractivity (Wildman–Crippen MR) is 65.1 cm³/mol. The van der Waals surface area contributed by atoms with Crippen molar-refractivity contribution in [3.05, 3.63) is 48.0 Å². The maximum Gasteiger partial charge on any atom is 0.133 e. The number of hydrogen-bond donors (Lipinski definition) is 2. The van der Waals surface area contributed by atoms with Gasteiger partial charge >= 0.3 is 0 Å². The van der Waals surface area contributed by atoms with Gasteiger partial charge in [-0.05, 0) is 31.2 Å². The molecule has 0 amide bonds. The first-order valence-corrected chi connectivity index (χ1v) is 5.73. The van der Waals surface area contributed by atoms with E-state index in [1.54, 1.807) is 12.1 Å². The average molecular weight is 232 g/mol. The lowest BCUT2D eigenvalue weighted by molar-refractivity contribution is 0.442. The highest BCUT2D eigenvalue weighted by molar-refractivity contribution is 7.99. The Morgan fingerprint density at radius 1 is 0.938 bits per heavy atom. The van der Waals surface area contributed by atoms with Gasteiger partial charge in [-0.15, -0.1) is 0 Å². The zero-order valence-electron chi connectivity index (χ0n) is 8.84. The summed E-state index contributed by atoms with van der Waals surface area (Å²) in [5.41, 5.74) is 1.21. The Kier molecular flexibility index (Phi) is 3.06. The molecule has 3 heteroatoms. The van der Waals surface area contributed by atoms with Gasteiger partial charge in [0, 0.05) is 11.0 Å². The molecule has 0 heterocycles. The van der Waals surface area contributed by atoms with Gasteiger partial charge in [-0.3, -0.25) is 0 Å². The van der Waals surface area contributed by atoms with Crippen molar-refractivity contribution in [2.75, 3.05) is 0 Å².